The average molecular weight is 305 g/mol. The lowest BCUT2D eigenvalue weighted by molar-refractivity contribution is 0.0970. The molecular formula is C14H15N3O3S. The summed E-state index contributed by atoms with van der Waals surface area (Å²) in [5.41, 5.74) is 0.949. The van der Waals surface area contributed by atoms with Crippen molar-refractivity contribution in [3.63, 3.8) is 0 Å². The highest BCUT2D eigenvalue weighted by atomic mass is 32.1. The van der Waals surface area contributed by atoms with E-state index in [1.165, 1.54) is 0 Å². The molecule has 1 saturated heterocycles. The van der Waals surface area contributed by atoms with Crippen molar-refractivity contribution in [2.75, 3.05) is 13.4 Å². The first-order valence-electron chi connectivity index (χ1n) is 6.98. The number of aromatic amines is 1. The Hall–Kier alpha value is -1.86. The maximum Gasteiger partial charge on any atom is 0.231 e. The summed E-state index contributed by atoms with van der Waals surface area (Å²) in [6.45, 7) is 1.82. The van der Waals surface area contributed by atoms with Gasteiger partial charge in [-0.15, -0.1) is 0 Å². The average Bonchev–Trinajstić information content (AvgIpc) is 3.21. The van der Waals surface area contributed by atoms with E-state index in [-0.39, 0.29) is 12.9 Å². The second kappa shape index (κ2) is 5.16. The molecule has 0 amide bonds. The fourth-order valence-corrected chi connectivity index (χ4v) is 2.94. The molecule has 21 heavy (non-hydrogen) atoms. The molecule has 1 atom stereocenters. The van der Waals surface area contributed by atoms with Crippen molar-refractivity contribution < 1.29 is 14.2 Å². The van der Waals surface area contributed by atoms with E-state index in [0.29, 0.717) is 4.77 Å². The van der Waals surface area contributed by atoms with Crippen LogP contribution in [-0.2, 0) is 11.3 Å². The van der Waals surface area contributed by atoms with Crippen LogP contribution in [0.1, 0.15) is 12.8 Å². The lowest BCUT2D eigenvalue weighted by Gasteiger charge is -2.12. The molecule has 0 radical (unpaired) electrons. The smallest absolute Gasteiger partial charge is 0.231 e. The molecule has 0 spiro atoms. The number of ether oxygens (including phenoxy) is 3. The Morgan fingerprint density at radius 3 is 3.10 bits per heavy atom. The highest BCUT2D eigenvalue weighted by Gasteiger charge is 2.21. The second-order valence-corrected chi connectivity index (χ2v) is 5.55. The molecule has 1 aromatic carbocycles. The predicted molar refractivity (Wildman–Crippen MR) is 77.9 cm³/mol. The Bertz CT molecular complexity index is 718. The van der Waals surface area contributed by atoms with Crippen molar-refractivity contribution in [3.8, 4) is 22.9 Å². The van der Waals surface area contributed by atoms with Crippen molar-refractivity contribution in [2.24, 2.45) is 0 Å². The molecule has 7 heteroatoms. The highest BCUT2D eigenvalue weighted by Crippen LogP contribution is 2.35. The third-order valence-corrected chi connectivity index (χ3v) is 4.11. The van der Waals surface area contributed by atoms with Crippen molar-refractivity contribution in [3.05, 3.63) is 23.0 Å². The Morgan fingerprint density at radius 1 is 1.33 bits per heavy atom. The van der Waals surface area contributed by atoms with Crippen LogP contribution >= 0.6 is 12.2 Å². The molecule has 3 heterocycles. The zero-order valence-corrected chi connectivity index (χ0v) is 12.2. The van der Waals surface area contributed by atoms with Crippen LogP contribution in [-0.4, -0.2) is 34.3 Å². The molecule has 1 aromatic heterocycles. The van der Waals surface area contributed by atoms with Crippen LogP contribution in [0.25, 0.3) is 11.4 Å². The predicted octanol–water partition coefficient (Wildman–Crippen LogP) is 2.52. The van der Waals surface area contributed by atoms with E-state index in [1.54, 1.807) is 0 Å². The highest BCUT2D eigenvalue weighted by molar-refractivity contribution is 7.71. The van der Waals surface area contributed by atoms with Crippen molar-refractivity contribution in [1.29, 1.82) is 0 Å². The summed E-state index contributed by atoms with van der Waals surface area (Å²) in [5.74, 6) is 2.30. The number of hydrogen-bond donors (Lipinski definition) is 1. The van der Waals surface area contributed by atoms with E-state index in [0.717, 1.165) is 48.9 Å². The number of nitrogens with zero attached hydrogens (tertiary/aromatic N) is 2. The van der Waals surface area contributed by atoms with E-state index in [4.69, 9.17) is 26.4 Å². The van der Waals surface area contributed by atoms with Gasteiger partial charge in [-0.1, -0.05) is 0 Å². The van der Waals surface area contributed by atoms with Gasteiger partial charge in [0.25, 0.3) is 0 Å². The van der Waals surface area contributed by atoms with Gasteiger partial charge < -0.3 is 14.2 Å². The Morgan fingerprint density at radius 2 is 2.24 bits per heavy atom. The van der Waals surface area contributed by atoms with Gasteiger partial charge in [0.2, 0.25) is 6.79 Å². The van der Waals surface area contributed by atoms with E-state index in [2.05, 4.69) is 10.2 Å². The van der Waals surface area contributed by atoms with Gasteiger partial charge >= 0.3 is 0 Å². The molecule has 0 aliphatic carbocycles. The summed E-state index contributed by atoms with van der Waals surface area (Å²) in [4.78, 5) is 0. The van der Waals surface area contributed by atoms with Gasteiger partial charge in [-0.25, -0.2) is 0 Å². The third-order valence-electron chi connectivity index (χ3n) is 3.80. The molecule has 1 N–H and O–H groups in total. The summed E-state index contributed by atoms with van der Waals surface area (Å²) in [5, 5.41) is 7.21. The number of hydrogen-bond acceptors (Lipinski definition) is 5. The fourth-order valence-electron chi connectivity index (χ4n) is 2.74. The minimum atomic E-state index is 0.210. The van der Waals surface area contributed by atoms with Crippen LogP contribution in [0.2, 0.25) is 0 Å². The number of fused-ring (bicyclic) bond motifs is 1. The second-order valence-electron chi connectivity index (χ2n) is 5.17. The topological polar surface area (TPSA) is 61.3 Å². The molecule has 110 valence electrons. The van der Waals surface area contributed by atoms with Crippen LogP contribution in [0.4, 0.5) is 0 Å². The molecule has 0 bridgehead atoms. The summed E-state index contributed by atoms with van der Waals surface area (Å²) < 4.78 is 19.0. The van der Waals surface area contributed by atoms with Crippen LogP contribution in [0, 0.1) is 4.77 Å². The largest absolute Gasteiger partial charge is 0.454 e. The molecule has 1 fully saturated rings. The van der Waals surface area contributed by atoms with Gasteiger partial charge in [0.05, 0.1) is 12.6 Å². The molecule has 4 rings (SSSR count). The first kappa shape index (κ1) is 12.8. The first-order chi connectivity index (χ1) is 10.3. The first-order valence-corrected chi connectivity index (χ1v) is 7.39. The summed E-state index contributed by atoms with van der Waals surface area (Å²) in [7, 11) is 0. The molecule has 2 aliphatic heterocycles. The van der Waals surface area contributed by atoms with Gasteiger partial charge in [-0.05, 0) is 43.3 Å². The third kappa shape index (κ3) is 2.32. The molecule has 6 nitrogen and oxygen atoms in total. The van der Waals surface area contributed by atoms with Crippen molar-refractivity contribution in [1.82, 2.24) is 14.8 Å². The zero-order chi connectivity index (χ0) is 14.2. The lowest BCUT2D eigenvalue weighted by atomic mass is 10.2. The molecule has 0 unspecified atom stereocenters. The number of rotatable bonds is 3. The van der Waals surface area contributed by atoms with Crippen LogP contribution < -0.4 is 9.47 Å². The minimum Gasteiger partial charge on any atom is -0.454 e. The van der Waals surface area contributed by atoms with Crippen molar-refractivity contribution >= 4 is 12.2 Å². The standard InChI is InChI=1S/C14H15N3O3S/c21-14-16-15-13(17(14)7-10-2-1-5-18-10)9-3-4-11-12(6-9)20-8-19-11/h3-4,6,10H,1-2,5,7-8H2,(H,16,21)/t10-/m0/s1. The monoisotopic (exact) mass is 305 g/mol. The maximum absolute atomic E-state index is 5.69. The normalized spacial score (nSPS) is 20.1. The Kier molecular flexibility index (Phi) is 3.16. The van der Waals surface area contributed by atoms with Crippen LogP contribution in [0.15, 0.2) is 18.2 Å². The number of aromatic nitrogens is 3. The maximum atomic E-state index is 5.69. The van der Waals surface area contributed by atoms with Gasteiger partial charge in [-0.2, -0.15) is 5.10 Å². The number of nitrogens with one attached hydrogen (secondary N) is 1. The molecule has 0 saturated carbocycles. The van der Waals surface area contributed by atoms with Gasteiger partial charge in [0.15, 0.2) is 22.1 Å². The summed E-state index contributed by atoms with van der Waals surface area (Å²) in [6.07, 6.45) is 2.38. The van der Waals surface area contributed by atoms with E-state index < -0.39 is 0 Å². The quantitative estimate of drug-likeness (QED) is 0.883. The Labute approximate surface area is 126 Å². The Balaban J connectivity index is 1.70. The molecule has 2 aromatic rings. The van der Waals surface area contributed by atoms with Gasteiger partial charge in [-0.3, -0.25) is 9.67 Å². The van der Waals surface area contributed by atoms with Crippen LogP contribution in [0.5, 0.6) is 11.5 Å². The van der Waals surface area contributed by atoms with E-state index >= 15 is 0 Å². The summed E-state index contributed by atoms with van der Waals surface area (Å²) >= 11 is 5.34. The molecule has 2 aliphatic rings. The number of benzene rings is 1. The minimum absolute atomic E-state index is 0.210. The van der Waals surface area contributed by atoms with Gasteiger partial charge in [0.1, 0.15) is 0 Å². The van der Waals surface area contributed by atoms with E-state index in [1.807, 2.05) is 22.8 Å². The van der Waals surface area contributed by atoms with E-state index in [9.17, 15) is 0 Å². The van der Waals surface area contributed by atoms with Gasteiger partial charge in [0, 0.05) is 12.2 Å². The number of H-pyrrole nitrogens is 1. The SMILES string of the molecule is S=c1[nH]nc(-c2ccc3c(c2)OCO3)n1C[C@@H]1CCCO1. The molecular weight excluding hydrogens is 290 g/mol. The zero-order valence-electron chi connectivity index (χ0n) is 11.4. The lowest BCUT2D eigenvalue weighted by Crippen LogP contribution is -2.16. The summed E-state index contributed by atoms with van der Waals surface area (Å²) in [6, 6.07) is 5.79. The van der Waals surface area contributed by atoms with Crippen molar-refractivity contribution in [2.45, 2.75) is 25.5 Å². The van der Waals surface area contributed by atoms with Crippen LogP contribution in [0.3, 0.4) is 0 Å². The fraction of sp³-hybridized carbons (Fsp3) is 0.429.